The molecule has 5 rings (SSSR count). The number of nitrogens with one attached hydrogen (secondary N) is 1. The zero-order valence-corrected chi connectivity index (χ0v) is 19.4. The van der Waals surface area contributed by atoms with Gasteiger partial charge in [0.1, 0.15) is 0 Å². The van der Waals surface area contributed by atoms with Gasteiger partial charge in [0.15, 0.2) is 5.78 Å². The first-order valence-electron chi connectivity index (χ1n) is 10.9. The zero-order chi connectivity index (χ0) is 22.8. The number of carbonyl (C=O) groups excluding carboxylic acids is 1. The number of aromatic nitrogens is 4. The highest BCUT2D eigenvalue weighted by Crippen LogP contribution is 2.30. The summed E-state index contributed by atoms with van der Waals surface area (Å²) in [5.41, 5.74) is 6.01. The van der Waals surface area contributed by atoms with Crippen LogP contribution in [0.4, 0.5) is 0 Å². The number of H-pyrrole nitrogens is 1. The van der Waals surface area contributed by atoms with E-state index in [0.29, 0.717) is 11.1 Å². The third kappa shape index (κ3) is 4.36. The predicted molar refractivity (Wildman–Crippen MR) is 131 cm³/mol. The van der Waals surface area contributed by atoms with Crippen molar-refractivity contribution in [3.05, 3.63) is 89.4 Å². The quantitative estimate of drug-likeness (QED) is 0.234. The van der Waals surface area contributed by atoms with Gasteiger partial charge < -0.3 is 14.0 Å². The second-order valence-electron chi connectivity index (χ2n) is 8.00. The molecule has 7 heteroatoms. The van der Waals surface area contributed by atoms with Gasteiger partial charge in [-0.15, -0.1) is 10.2 Å². The van der Waals surface area contributed by atoms with Crippen molar-refractivity contribution in [3.63, 3.8) is 0 Å². The SMILES string of the molecule is Cc1cc(C(=O)CSc2nnc(-c3c[nH]c4ccccc34)o2)c(C)n1CCc1ccccc1. The van der Waals surface area contributed by atoms with E-state index in [4.69, 9.17) is 4.42 Å². The van der Waals surface area contributed by atoms with Gasteiger partial charge in [-0.3, -0.25) is 4.79 Å². The van der Waals surface area contributed by atoms with Gasteiger partial charge in [0, 0.05) is 40.6 Å². The maximum absolute atomic E-state index is 13.0. The molecule has 33 heavy (non-hydrogen) atoms. The maximum Gasteiger partial charge on any atom is 0.277 e. The summed E-state index contributed by atoms with van der Waals surface area (Å²) in [7, 11) is 0. The molecular weight excluding hydrogens is 432 g/mol. The Kier molecular flexibility index (Phi) is 5.88. The van der Waals surface area contributed by atoms with E-state index in [0.717, 1.165) is 46.4 Å². The van der Waals surface area contributed by atoms with Gasteiger partial charge in [-0.25, -0.2) is 0 Å². The number of benzene rings is 2. The molecule has 2 aromatic carbocycles. The highest BCUT2D eigenvalue weighted by molar-refractivity contribution is 7.99. The molecule has 166 valence electrons. The van der Waals surface area contributed by atoms with Crippen LogP contribution in [0.25, 0.3) is 22.4 Å². The molecule has 5 aromatic rings. The molecular formula is C26H24N4O2S. The topological polar surface area (TPSA) is 76.7 Å². The van der Waals surface area contributed by atoms with Crippen molar-refractivity contribution >= 4 is 28.4 Å². The van der Waals surface area contributed by atoms with E-state index in [1.54, 1.807) is 0 Å². The second kappa shape index (κ2) is 9.11. The normalized spacial score (nSPS) is 11.3. The lowest BCUT2D eigenvalue weighted by Gasteiger charge is -2.10. The fourth-order valence-electron chi connectivity index (χ4n) is 4.14. The van der Waals surface area contributed by atoms with Gasteiger partial charge >= 0.3 is 0 Å². The van der Waals surface area contributed by atoms with Crippen LogP contribution in [-0.2, 0) is 13.0 Å². The number of fused-ring (bicyclic) bond motifs is 1. The van der Waals surface area contributed by atoms with Crippen molar-refractivity contribution in [2.24, 2.45) is 0 Å². The van der Waals surface area contributed by atoms with Crippen LogP contribution in [0.2, 0.25) is 0 Å². The first kappa shape index (κ1) is 21.3. The Morgan fingerprint density at radius 1 is 1.06 bits per heavy atom. The summed E-state index contributed by atoms with van der Waals surface area (Å²) in [6, 6.07) is 20.3. The number of rotatable bonds is 8. The molecule has 6 nitrogen and oxygen atoms in total. The monoisotopic (exact) mass is 456 g/mol. The number of hydrogen-bond donors (Lipinski definition) is 1. The van der Waals surface area contributed by atoms with E-state index in [-0.39, 0.29) is 11.5 Å². The molecule has 0 aliphatic carbocycles. The largest absolute Gasteiger partial charge is 0.411 e. The Morgan fingerprint density at radius 2 is 1.85 bits per heavy atom. The Bertz CT molecular complexity index is 1410. The Hall–Kier alpha value is -3.58. The van der Waals surface area contributed by atoms with Gasteiger partial charge in [0.05, 0.1) is 11.3 Å². The van der Waals surface area contributed by atoms with Crippen LogP contribution in [0.1, 0.15) is 27.3 Å². The van der Waals surface area contributed by atoms with Crippen molar-refractivity contribution < 1.29 is 9.21 Å². The molecule has 1 N–H and O–H groups in total. The van der Waals surface area contributed by atoms with Gasteiger partial charge in [-0.2, -0.15) is 0 Å². The molecule has 0 atom stereocenters. The molecule has 0 saturated heterocycles. The molecule has 0 fully saturated rings. The van der Waals surface area contributed by atoms with E-state index in [2.05, 4.69) is 44.0 Å². The van der Waals surface area contributed by atoms with E-state index >= 15 is 0 Å². The van der Waals surface area contributed by atoms with E-state index < -0.39 is 0 Å². The number of nitrogens with zero attached hydrogens (tertiary/aromatic N) is 3. The molecule has 0 aliphatic rings. The standard InChI is InChI=1S/C26H24N4O2S/c1-17-14-21(18(2)30(17)13-12-19-8-4-3-5-9-19)24(31)16-33-26-29-28-25(32-26)22-15-27-23-11-7-6-10-20(22)23/h3-11,14-15,27H,12-13,16H2,1-2H3. The molecule has 0 amide bonds. The minimum absolute atomic E-state index is 0.0610. The lowest BCUT2D eigenvalue weighted by Crippen LogP contribution is -2.08. The summed E-state index contributed by atoms with van der Waals surface area (Å²) in [6.45, 7) is 4.91. The van der Waals surface area contributed by atoms with E-state index in [1.807, 2.05) is 56.4 Å². The van der Waals surface area contributed by atoms with Crippen molar-refractivity contribution in [2.75, 3.05) is 5.75 Å². The Labute approximate surface area is 196 Å². The molecule has 0 radical (unpaired) electrons. The van der Waals surface area contributed by atoms with Crippen molar-refractivity contribution in [1.29, 1.82) is 0 Å². The molecule has 3 aromatic heterocycles. The summed E-state index contributed by atoms with van der Waals surface area (Å²) in [5.74, 6) is 0.755. The summed E-state index contributed by atoms with van der Waals surface area (Å²) in [4.78, 5) is 16.2. The molecule has 0 spiro atoms. The summed E-state index contributed by atoms with van der Waals surface area (Å²) in [6.07, 6.45) is 2.79. The summed E-state index contributed by atoms with van der Waals surface area (Å²) in [5, 5.41) is 9.72. The number of ketones is 1. The second-order valence-corrected chi connectivity index (χ2v) is 8.93. The van der Waals surface area contributed by atoms with Gasteiger partial charge in [-0.05, 0) is 38.0 Å². The van der Waals surface area contributed by atoms with Crippen LogP contribution in [-0.4, -0.2) is 31.3 Å². The number of hydrogen-bond acceptors (Lipinski definition) is 5. The number of carbonyl (C=O) groups is 1. The van der Waals surface area contributed by atoms with Crippen LogP contribution in [0.3, 0.4) is 0 Å². The molecule has 0 aliphatic heterocycles. The van der Waals surface area contributed by atoms with Crippen molar-refractivity contribution in [2.45, 2.75) is 32.0 Å². The van der Waals surface area contributed by atoms with Crippen molar-refractivity contribution in [3.8, 4) is 11.5 Å². The average molecular weight is 457 g/mol. The van der Waals surface area contributed by atoms with Crippen LogP contribution >= 0.6 is 11.8 Å². The fourth-order valence-corrected chi connectivity index (χ4v) is 4.79. The first-order valence-corrected chi connectivity index (χ1v) is 11.9. The number of aryl methyl sites for hydroxylation is 2. The predicted octanol–water partition coefficient (Wildman–Crippen LogP) is 5.85. The highest BCUT2D eigenvalue weighted by Gasteiger charge is 2.18. The molecule has 0 bridgehead atoms. The van der Waals surface area contributed by atoms with Gasteiger partial charge in [0.2, 0.25) is 0 Å². The van der Waals surface area contributed by atoms with Crippen LogP contribution in [0.5, 0.6) is 0 Å². The Balaban J connectivity index is 1.25. The summed E-state index contributed by atoms with van der Waals surface area (Å²) >= 11 is 1.27. The minimum Gasteiger partial charge on any atom is -0.411 e. The number of para-hydroxylation sites is 1. The van der Waals surface area contributed by atoms with E-state index in [9.17, 15) is 4.79 Å². The smallest absolute Gasteiger partial charge is 0.277 e. The molecule has 0 unspecified atom stereocenters. The lowest BCUT2D eigenvalue weighted by atomic mass is 10.1. The van der Waals surface area contributed by atoms with E-state index in [1.165, 1.54) is 17.3 Å². The average Bonchev–Trinajstić information content (AvgIpc) is 3.54. The van der Waals surface area contributed by atoms with Crippen LogP contribution in [0.15, 0.2) is 76.5 Å². The van der Waals surface area contributed by atoms with Gasteiger partial charge in [-0.1, -0.05) is 60.3 Å². The lowest BCUT2D eigenvalue weighted by molar-refractivity contribution is 0.102. The molecule has 3 heterocycles. The van der Waals surface area contributed by atoms with Crippen LogP contribution in [0, 0.1) is 13.8 Å². The summed E-state index contributed by atoms with van der Waals surface area (Å²) < 4.78 is 8.05. The highest BCUT2D eigenvalue weighted by atomic mass is 32.2. The van der Waals surface area contributed by atoms with Crippen LogP contribution < -0.4 is 0 Å². The first-order chi connectivity index (χ1) is 16.1. The maximum atomic E-state index is 13.0. The Morgan fingerprint density at radius 3 is 2.70 bits per heavy atom. The minimum atomic E-state index is 0.0610. The van der Waals surface area contributed by atoms with Crippen molar-refractivity contribution in [1.82, 2.24) is 19.7 Å². The zero-order valence-electron chi connectivity index (χ0n) is 18.5. The fraction of sp³-hybridized carbons (Fsp3) is 0.192. The van der Waals surface area contributed by atoms with Gasteiger partial charge in [0.25, 0.3) is 11.1 Å². The number of thioether (sulfide) groups is 1. The molecule has 0 saturated carbocycles. The third-order valence-electron chi connectivity index (χ3n) is 5.89. The third-order valence-corrected chi connectivity index (χ3v) is 6.71. The number of Topliss-reactive ketones (excluding diaryl/α,β-unsaturated/α-hetero) is 1. The number of aromatic amines is 1.